The van der Waals surface area contributed by atoms with Gasteiger partial charge in [-0.05, 0) is 24.8 Å². The average Bonchev–Trinajstić information content (AvgIpc) is 2.83. The minimum atomic E-state index is -0.446. The van der Waals surface area contributed by atoms with Crippen LogP contribution in [0.25, 0.3) is 0 Å². The fourth-order valence-electron chi connectivity index (χ4n) is 3.20. The van der Waals surface area contributed by atoms with E-state index >= 15 is 0 Å². The SMILES string of the molecule is Cc1cc2c(o1)CC(C)(C)C[C@@H]2NC(=O)Nc1nccn(C)c1=O. The minimum absolute atomic E-state index is 0.0103. The van der Waals surface area contributed by atoms with Crippen molar-refractivity contribution in [1.29, 1.82) is 0 Å². The number of aromatic nitrogens is 2. The molecule has 24 heavy (non-hydrogen) atoms. The van der Waals surface area contributed by atoms with Gasteiger partial charge in [0.25, 0.3) is 5.56 Å². The predicted molar refractivity (Wildman–Crippen MR) is 89.9 cm³/mol. The largest absolute Gasteiger partial charge is 0.466 e. The third kappa shape index (κ3) is 3.20. The Labute approximate surface area is 140 Å². The van der Waals surface area contributed by atoms with Gasteiger partial charge >= 0.3 is 6.03 Å². The van der Waals surface area contributed by atoms with Crippen LogP contribution in [0.5, 0.6) is 0 Å². The van der Waals surface area contributed by atoms with Gasteiger partial charge in [0.1, 0.15) is 11.5 Å². The molecule has 2 amide bonds. The summed E-state index contributed by atoms with van der Waals surface area (Å²) in [6, 6.07) is 1.36. The fraction of sp³-hybridized carbons (Fsp3) is 0.471. The van der Waals surface area contributed by atoms with Crippen LogP contribution in [0.2, 0.25) is 0 Å². The molecule has 2 aromatic rings. The molecule has 0 saturated carbocycles. The Balaban J connectivity index is 1.79. The number of nitrogens with one attached hydrogen (secondary N) is 2. The van der Waals surface area contributed by atoms with Gasteiger partial charge in [-0.3, -0.25) is 10.1 Å². The predicted octanol–water partition coefficient (Wildman–Crippen LogP) is 2.52. The van der Waals surface area contributed by atoms with Crippen LogP contribution in [0, 0.1) is 12.3 Å². The number of urea groups is 1. The van der Waals surface area contributed by atoms with Crippen molar-refractivity contribution in [3.63, 3.8) is 0 Å². The average molecular weight is 330 g/mol. The Morgan fingerprint density at radius 1 is 1.46 bits per heavy atom. The Morgan fingerprint density at radius 3 is 2.96 bits per heavy atom. The Hall–Kier alpha value is -2.57. The summed E-state index contributed by atoms with van der Waals surface area (Å²) in [5.74, 6) is 1.77. The molecule has 0 aliphatic heterocycles. The first-order valence-corrected chi connectivity index (χ1v) is 7.93. The van der Waals surface area contributed by atoms with Crippen LogP contribution < -0.4 is 16.2 Å². The maximum Gasteiger partial charge on any atom is 0.321 e. The molecule has 0 bridgehead atoms. The highest BCUT2D eigenvalue weighted by Crippen LogP contribution is 2.41. The first-order chi connectivity index (χ1) is 11.2. The highest BCUT2D eigenvalue weighted by atomic mass is 16.3. The lowest BCUT2D eigenvalue weighted by molar-refractivity contribution is 0.222. The number of furan rings is 1. The number of rotatable bonds is 2. The Bertz CT molecular complexity index is 835. The number of amides is 2. The number of nitrogens with zero attached hydrogens (tertiary/aromatic N) is 2. The van der Waals surface area contributed by atoms with Gasteiger partial charge in [0.15, 0.2) is 0 Å². The summed E-state index contributed by atoms with van der Waals surface area (Å²) in [6.07, 6.45) is 4.65. The van der Waals surface area contributed by atoms with Gasteiger partial charge in [0.2, 0.25) is 5.82 Å². The van der Waals surface area contributed by atoms with Crippen molar-refractivity contribution in [2.45, 2.75) is 39.7 Å². The van der Waals surface area contributed by atoms with Gasteiger partial charge < -0.3 is 14.3 Å². The number of anilines is 1. The lowest BCUT2D eigenvalue weighted by Gasteiger charge is -2.34. The van der Waals surface area contributed by atoms with E-state index in [9.17, 15) is 9.59 Å². The maximum absolute atomic E-state index is 12.3. The molecule has 2 N–H and O–H groups in total. The van der Waals surface area contributed by atoms with Crippen molar-refractivity contribution in [2.24, 2.45) is 12.5 Å². The van der Waals surface area contributed by atoms with Gasteiger partial charge in [-0.1, -0.05) is 13.8 Å². The third-order valence-electron chi connectivity index (χ3n) is 4.29. The maximum atomic E-state index is 12.3. The molecule has 0 spiro atoms. The zero-order valence-corrected chi connectivity index (χ0v) is 14.3. The van der Waals surface area contributed by atoms with Crippen molar-refractivity contribution in [1.82, 2.24) is 14.9 Å². The van der Waals surface area contributed by atoms with E-state index in [-0.39, 0.29) is 22.8 Å². The third-order valence-corrected chi connectivity index (χ3v) is 4.29. The van der Waals surface area contributed by atoms with Crippen molar-refractivity contribution in [2.75, 3.05) is 5.32 Å². The summed E-state index contributed by atoms with van der Waals surface area (Å²) in [5, 5.41) is 5.48. The second-order valence-corrected chi connectivity index (χ2v) is 7.12. The molecule has 128 valence electrons. The molecule has 2 aromatic heterocycles. The van der Waals surface area contributed by atoms with E-state index in [1.165, 1.54) is 17.0 Å². The highest BCUT2D eigenvalue weighted by molar-refractivity contribution is 5.88. The Kier molecular flexibility index (Phi) is 3.95. The number of hydrogen-bond donors (Lipinski definition) is 2. The molecule has 0 radical (unpaired) electrons. The molecule has 0 fully saturated rings. The van der Waals surface area contributed by atoms with E-state index in [1.54, 1.807) is 7.05 Å². The molecule has 0 aromatic carbocycles. The Morgan fingerprint density at radius 2 is 2.21 bits per heavy atom. The van der Waals surface area contributed by atoms with Crippen molar-refractivity contribution >= 4 is 11.8 Å². The molecule has 1 atom stereocenters. The monoisotopic (exact) mass is 330 g/mol. The van der Waals surface area contributed by atoms with Crippen molar-refractivity contribution in [3.8, 4) is 0 Å². The number of carbonyl (C=O) groups is 1. The highest BCUT2D eigenvalue weighted by Gasteiger charge is 2.35. The molecule has 1 aliphatic carbocycles. The van der Waals surface area contributed by atoms with Crippen LogP contribution in [0.4, 0.5) is 10.6 Å². The molecular weight excluding hydrogens is 308 g/mol. The van der Waals surface area contributed by atoms with Gasteiger partial charge in [-0.2, -0.15) is 0 Å². The van der Waals surface area contributed by atoms with Gasteiger partial charge in [0.05, 0.1) is 6.04 Å². The standard InChI is InChI=1S/C17H22N4O3/c1-10-7-11-12(8-17(2,3)9-13(11)24-10)19-16(23)20-14-15(22)21(4)6-5-18-14/h5-7,12H,8-9H2,1-4H3,(H2,18,19,20,23)/t12-/m0/s1. The molecular formula is C17H22N4O3. The molecule has 3 rings (SSSR count). The van der Waals surface area contributed by atoms with Crippen molar-refractivity contribution < 1.29 is 9.21 Å². The summed E-state index contributed by atoms with van der Waals surface area (Å²) < 4.78 is 7.13. The van der Waals surface area contributed by atoms with Gasteiger partial charge in [0, 0.05) is 31.4 Å². The second kappa shape index (κ2) is 5.81. The van der Waals surface area contributed by atoms with E-state index < -0.39 is 6.03 Å². The van der Waals surface area contributed by atoms with Crippen LogP contribution in [0.15, 0.2) is 27.7 Å². The zero-order valence-electron chi connectivity index (χ0n) is 14.3. The molecule has 0 unspecified atom stereocenters. The van der Waals surface area contributed by atoms with Crippen LogP contribution in [-0.4, -0.2) is 15.6 Å². The van der Waals surface area contributed by atoms with E-state index in [0.29, 0.717) is 0 Å². The molecule has 0 saturated heterocycles. The summed E-state index contributed by atoms with van der Waals surface area (Å²) in [5.41, 5.74) is 0.684. The van der Waals surface area contributed by atoms with Crippen LogP contribution in [-0.2, 0) is 13.5 Å². The normalized spacial score (nSPS) is 18.8. The summed E-state index contributed by atoms with van der Waals surface area (Å²) in [4.78, 5) is 28.2. The summed E-state index contributed by atoms with van der Waals surface area (Å²) >= 11 is 0. The number of fused-ring (bicyclic) bond motifs is 1. The van der Waals surface area contributed by atoms with Crippen LogP contribution in [0.1, 0.15) is 43.4 Å². The number of aryl methyl sites for hydroxylation is 2. The first kappa shape index (κ1) is 16.3. The quantitative estimate of drug-likeness (QED) is 0.885. The second-order valence-electron chi connectivity index (χ2n) is 7.12. The van der Waals surface area contributed by atoms with E-state index in [1.807, 2.05) is 13.0 Å². The summed E-state index contributed by atoms with van der Waals surface area (Å²) in [6.45, 7) is 6.20. The number of hydrogen-bond acceptors (Lipinski definition) is 4. The summed E-state index contributed by atoms with van der Waals surface area (Å²) in [7, 11) is 1.61. The minimum Gasteiger partial charge on any atom is -0.466 e. The van der Waals surface area contributed by atoms with E-state index in [4.69, 9.17) is 4.42 Å². The topological polar surface area (TPSA) is 89.2 Å². The van der Waals surface area contributed by atoms with E-state index in [2.05, 4.69) is 29.5 Å². The molecule has 1 aliphatic rings. The van der Waals surface area contributed by atoms with Crippen molar-refractivity contribution in [3.05, 3.63) is 45.9 Å². The number of carbonyl (C=O) groups excluding carboxylic acids is 1. The molecule has 7 heteroatoms. The molecule has 7 nitrogen and oxygen atoms in total. The lowest BCUT2D eigenvalue weighted by Crippen LogP contribution is -2.39. The van der Waals surface area contributed by atoms with E-state index in [0.717, 1.165) is 29.9 Å². The zero-order chi connectivity index (χ0) is 17.5. The van der Waals surface area contributed by atoms with Crippen LogP contribution in [0.3, 0.4) is 0 Å². The van der Waals surface area contributed by atoms with Gasteiger partial charge in [-0.25, -0.2) is 9.78 Å². The van der Waals surface area contributed by atoms with Crippen LogP contribution >= 0.6 is 0 Å². The lowest BCUT2D eigenvalue weighted by atomic mass is 9.75. The fourth-order valence-corrected chi connectivity index (χ4v) is 3.20. The van der Waals surface area contributed by atoms with Gasteiger partial charge in [-0.15, -0.1) is 0 Å². The smallest absolute Gasteiger partial charge is 0.321 e. The molecule has 2 heterocycles. The first-order valence-electron chi connectivity index (χ1n) is 7.93.